The van der Waals surface area contributed by atoms with E-state index < -0.39 is 0 Å². The Kier molecular flexibility index (Phi) is 7.19. The van der Waals surface area contributed by atoms with Crippen molar-refractivity contribution in [3.63, 3.8) is 0 Å². The van der Waals surface area contributed by atoms with Crippen LogP contribution >= 0.6 is 11.6 Å². The number of rotatable bonds is 7. The van der Waals surface area contributed by atoms with E-state index in [1.54, 1.807) is 18.2 Å². The Labute approximate surface area is 192 Å². The summed E-state index contributed by atoms with van der Waals surface area (Å²) in [5, 5.41) is 4.72. The number of carbonyl (C=O) groups excluding carboxylic acids is 1. The number of benzene rings is 2. The summed E-state index contributed by atoms with van der Waals surface area (Å²) in [4.78, 5) is 21.1. The van der Waals surface area contributed by atoms with Gasteiger partial charge in [-0.1, -0.05) is 28.9 Å². The molecular formula is C24H25ClN4O3. The highest BCUT2D eigenvalue weighted by Crippen LogP contribution is 2.19. The minimum Gasteiger partial charge on any atom is -0.494 e. The Morgan fingerprint density at radius 2 is 1.81 bits per heavy atom. The summed E-state index contributed by atoms with van der Waals surface area (Å²) in [6, 6.07) is 15.0. The number of aromatic nitrogens is 2. The number of halogens is 1. The number of hydrogen-bond donors (Lipinski definition) is 0. The number of amides is 1. The molecule has 8 heteroatoms. The fourth-order valence-electron chi connectivity index (χ4n) is 3.47. The molecule has 1 fully saturated rings. The molecule has 0 N–H and O–H groups in total. The molecule has 0 unspecified atom stereocenters. The van der Waals surface area contributed by atoms with Crippen LogP contribution in [0.1, 0.15) is 18.4 Å². The van der Waals surface area contributed by atoms with Crippen LogP contribution in [0.25, 0.3) is 17.5 Å². The maximum Gasteiger partial charge on any atom is 0.246 e. The summed E-state index contributed by atoms with van der Waals surface area (Å²) in [5.41, 5.74) is 1.83. The van der Waals surface area contributed by atoms with Gasteiger partial charge in [-0.15, -0.1) is 0 Å². The van der Waals surface area contributed by atoms with Crippen LogP contribution in [0.5, 0.6) is 5.75 Å². The fourth-order valence-corrected chi connectivity index (χ4v) is 3.59. The van der Waals surface area contributed by atoms with Crippen molar-refractivity contribution < 1.29 is 14.1 Å². The molecule has 0 radical (unpaired) electrons. The maximum absolute atomic E-state index is 12.5. The van der Waals surface area contributed by atoms with Gasteiger partial charge in [0.25, 0.3) is 0 Å². The molecule has 7 nitrogen and oxygen atoms in total. The molecule has 1 amide bonds. The van der Waals surface area contributed by atoms with E-state index in [-0.39, 0.29) is 5.91 Å². The smallest absolute Gasteiger partial charge is 0.246 e. The van der Waals surface area contributed by atoms with Gasteiger partial charge in [-0.05, 0) is 55.0 Å². The third-order valence-electron chi connectivity index (χ3n) is 5.22. The third kappa shape index (κ3) is 5.75. The Hall–Kier alpha value is -3.16. The van der Waals surface area contributed by atoms with Gasteiger partial charge < -0.3 is 14.2 Å². The lowest BCUT2D eigenvalue weighted by molar-refractivity contribution is -0.127. The molecule has 0 spiro atoms. The topological polar surface area (TPSA) is 71.7 Å². The summed E-state index contributed by atoms with van der Waals surface area (Å²) in [7, 11) is 0. The minimum atomic E-state index is 0.0151. The number of piperazine rings is 1. The second-order valence-electron chi connectivity index (χ2n) is 7.46. The van der Waals surface area contributed by atoms with E-state index in [4.69, 9.17) is 20.9 Å². The number of hydrogen-bond acceptors (Lipinski definition) is 6. The molecule has 1 aliphatic heterocycles. The zero-order valence-corrected chi connectivity index (χ0v) is 18.7. The van der Waals surface area contributed by atoms with Crippen molar-refractivity contribution in [2.75, 3.05) is 32.8 Å². The Morgan fingerprint density at radius 1 is 1.09 bits per heavy atom. The molecule has 3 aromatic rings. The molecule has 32 heavy (non-hydrogen) atoms. The molecule has 0 atom stereocenters. The zero-order chi connectivity index (χ0) is 22.3. The first-order chi connectivity index (χ1) is 15.6. The normalized spacial score (nSPS) is 14.8. The number of nitrogens with zero attached hydrogens (tertiary/aromatic N) is 4. The zero-order valence-electron chi connectivity index (χ0n) is 17.9. The molecule has 166 valence electrons. The van der Waals surface area contributed by atoms with Crippen LogP contribution in [0.4, 0.5) is 0 Å². The van der Waals surface area contributed by atoms with Crippen molar-refractivity contribution in [1.29, 1.82) is 0 Å². The lowest BCUT2D eigenvalue weighted by Crippen LogP contribution is -2.47. The summed E-state index contributed by atoms with van der Waals surface area (Å²) >= 11 is 5.93. The fraction of sp³-hybridized carbons (Fsp3) is 0.292. The van der Waals surface area contributed by atoms with E-state index in [9.17, 15) is 4.79 Å². The van der Waals surface area contributed by atoms with Crippen LogP contribution in [0.2, 0.25) is 5.02 Å². The molecule has 0 saturated carbocycles. The Bertz CT molecular complexity index is 1060. The van der Waals surface area contributed by atoms with Crippen LogP contribution in [0, 0.1) is 0 Å². The molecule has 1 aliphatic rings. The highest BCUT2D eigenvalue weighted by atomic mass is 35.5. The average molecular weight is 453 g/mol. The van der Waals surface area contributed by atoms with Crippen molar-refractivity contribution in [3.8, 4) is 17.1 Å². The van der Waals surface area contributed by atoms with Crippen LogP contribution < -0.4 is 4.74 Å². The molecule has 2 heterocycles. The third-order valence-corrected chi connectivity index (χ3v) is 5.47. The van der Waals surface area contributed by atoms with Crippen molar-refractivity contribution in [2.45, 2.75) is 13.5 Å². The Balaban J connectivity index is 1.26. The lowest BCUT2D eigenvalue weighted by Gasteiger charge is -2.33. The average Bonchev–Trinajstić information content (AvgIpc) is 3.28. The number of ether oxygens (including phenoxy) is 1. The summed E-state index contributed by atoms with van der Waals surface area (Å²) in [6.45, 7) is 5.96. The summed E-state index contributed by atoms with van der Waals surface area (Å²) < 4.78 is 10.8. The van der Waals surface area contributed by atoms with Crippen molar-refractivity contribution >= 4 is 23.6 Å². The molecule has 0 bridgehead atoms. The van der Waals surface area contributed by atoms with Crippen molar-refractivity contribution in [3.05, 3.63) is 71.1 Å². The van der Waals surface area contributed by atoms with Gasteiger partial charge in [0.15, 0.2) is 0 Å². The monoisotopic (exact) mass is 452 g/mol. The van der Waals surface area contributed by atoms with Gasteiger partial charge in [-0.25, -0.2) is 0 Å². The van der Waals surface area contributed by atoms with Crippen molar-refractivity contribution in [2.24, 2.45) is 0 Å². The SMILES string of the molecule is CCOc1ccc(/C=C/C(=O)N2CCN(Cc3nc(-c4ccc(Cl)cc4)no3)CC2)cc1. The van der Waals surface area contributed by atoms with Crippen LogP contribution in [-0.4, -0.2) is 58.6 Å². The van der Waals surface area contributed by atoms with E-state index in [0.717, 1.165) is 30.0 Å². The molecule has 4 rings (SSSR count). The van der Waals surface area contributed by atoms with Crippen LogP contribution in [0.15, 0.2) is 59.1 Å². The first-order valence-electron chi connectivity index (χ1n) is 10.6. The first-order valence-corrected chi connectivity index (χ1v) is 11.0. The highest BCUT2D eigenvalue weighted by Gasteiger charge is 2.21. The predicted molar refractivity (Wildman–Crippen MR) is 123 cm³/mol. The van der Waals surface area contributed by atoms with E-state index in [2.05, 4.69) is 15.0 Å². The highest BCUT2D eigenvalue weighted by molar-refractivity contribution is 6.30. The maximum atomic E-state index is 12.5. The van der Waals surface area contributed by atoms with Crippen LogP contribution in [0.3, 0.4) is 0 Å². The first kappa shape index (κ1) is 22.0. The minimum absolute atomic E-state index is 0.0151. The van der Waals surface area contributed by atoms with Crippen LogP contribution in [-0.2, 0) is 11.3 Å². The molecule has 0 aliphatic carbocycles. The predicted octanol–water partition coefficient (Wildman–Crippen LogP) is 4.15. The van der Waals surface area contributed by atoms with Gasteiger partial charge in [0, 0.05) is 42.8 Å². The largest absolute Gasteiger partial charge is 0.494 e. The van der Waals surface area contributed by atoms with Gasteiger partial charge in [0.2, 0.25) is 17.6 Å². The van der Waals surface area contributed by atoms with E-state index in [0.29, 0.717) is 43.0 Å². The molecule has 1 saturated heterocycles. The quantitative estimate of drug-likeness (QED) is 0.501. The number of carbonyl (C=O) groups is 1. The Morgan fingerprint density at radius 3 is 2.50 bits per heavy atom. The standard InChI is InChI=1S/C24H25ClN4O3/c1-2-31-21-10-3-18(4-11-21)5-12-23(30)29-15-13-28(14-16-29)17-22-26-24(27-32-22)19-6-8-20(25)9-7-19/h3-12H,2,13-17H2,1H3/b12-5+. The molecule has 1 aromatic heterocycles. The van der Waals surface area contributed by atoms with Gasteiger partial charge in [0.05, 0.1) is 13.2 Å². The molecular weight excluding hydrogens is 428 g/mol. The van der Waals surface area contributed by atoms with Gasteiger partial charge in [0.1, 0.15) is 5.75 Å². The summed E-state index contributed by atoms with van der Waals surface area (Å²) in [5.74, 6) is 1.95. The summed E-state index contributed by atoms with van der Waals surface area (Å²) in [6.07, 6.45) is 3.46. The van der Waals surface area contributed by atoms with Gasteiger partial charge in [-0.3, -0.25) is 9.69 Å². The van der Waals surface area contributed by atoms with Gasteiger partial charge in [-0.2, -0.15) is 4.98 Å². The van der Waals surface area contributed by atoms with Crippen molar-refractivity contribution in [1.82, 2.24) is 19.9 Å². The molecule has 2 aromatic carbocycles. The second kappa shape index (κ2) is 10.4. The second-order valence-corrected chi connectivity index (χ2v) is 7.89. The van der Waals surface area contributed by atoms with E-state index >= 15 is 0 Å². The lowest BCUT2D eigenvalue weighted by atomic mass is 10.2. The van der Waals surface area contributed by atoms with Gasteiger partial charge >= 0.3 is 0 Å². The van der Waals surface area contributed by atoms with E-state index in [1.165, 1.54) is 0 Å². The van der Waals surface area contributed by atoms with E-state index in [1.807, 2.05) is 54.3 Å².